The molecule has 0 radical (unpaired) electrons. The molecular formula is C12H16N2O. The average molecular weight is 204 g/mol. The summed E-state index contributed by atoms with van der Waals surface area (Å²) in [7, 11) is 0. The van der Waals surface area contributed by atoms with Crippen LogP contribution in [0.4, 0.5) is 0 Å². The summed E-state index contributed by atoms with van der Waals surface area (Å²) in [5, 5.41) is 21.4. The van der Waals surface area contributed by atoms with Crippen molar-refractivity contribution in [3.8, 4) is 11.8 Å². The van der Waals surface area contributed by atoms with Crippen LogP contribution in [0.25, 0.3) is 0 Å². The molecule has 80 valence electrons. The molecular weight excluding hydrogens is 188 g/mol. The minimum Gasteiger partial charge on any atom is -0.508 e. The maximum Gasteiger partial charge on any atom is 0.121 e. The lowest BCUT2D eigenvalue weighted by molar-refractivity contribution is 0.472. The van der Waals surface area contributed by atoms with Crippen LogP contribution in [-0.4, -0.2) is 11.7 Å². The van der Waals surface area contributed by atoms with Gasteiger partial charge in [0.2, 0.25) is 0 Å². The first-order valence-corrected chi connectivity index (χ1v) is 5.05. The summed E-state index contributed by atoms with van der Waals surface area (Å²) < 4.78 is 0. The zero-order chi connectivity index (χ0) is 11.3. The fraction of sp³-hybridized carbons (Fsp3) is 0.417. The van der Waals surface area contributed by atoms with Crippen LogP contribution in [0.2, 0.25) is 0 Å². The van der Waals surface area contributed by atoms with Crippen LogP contribution in [0.15, 0.2) is 24.3 Å². The summed E-state index contributed by atoms with van der Waals surface area (Å²) >= 11 is 0. The summed E-state index contributed by atoms with van der Waals surface area (Å²) in [4.78, 5) is 0. The molecule has 0 aliphatic rings. The van der Waals surface area contributed by atoms with E-state index in [-0.39, 0.29) is 11.8 Å². The van der Waals surface area contributed by atoms with Crippen molar-refractivity contribution >= 4 is 0 Å². The van der Waals surface area contributed by atoms with E-state index < -0.39 is 0 Å². The molecule has 0 fully saturated rings. The summed E-state index contributed by atoms with van der Waals surface area (Å²) in [5.41, 5.74) is 0.804. The molecule has 0 saturated carbocycles. The van der Waals surface area contributed by atoms with Crippen LogP contribution in [0, 0.1) is 17.2 Å². The van der Waals surface area contributed by atoms with Gasteiger partial charge in [0.15, 0.2) is 0 Å². The molecule has 0 bridgehead atoms. The van der Waals surface area contributed by atoms with Crippen LogP contribution < -0.4 is 5.32 Å². The fourth-order valence-electron chi connectivity index (χ4n) is 1.30. The van der Waals surface area contributed by atoms with Crippen LogP contribution in [0.1, 0.15) is 25.5 Å². The molecule has 2 N–H and O–H groups in total. The van der Waals surface area contributed by atoms with E-state index in [0.717, 1.165) is 12.1 Å². The van der Waals surface area contributed by atoms with Crippen molar-refractivity contribution in [3.05, 3.63) is 29.8 Å². The number of phenols is 1. The van der Waals surface area contributed by atoms with Crippen molar-refractivity contribution in [2.24, 2.45) is 5.92 Å². The predicted molar refractivity (Wildman–Crippen MR) is 59.3 cm³/mol. The Morgan fingerprint density at radius 1 is 1.47 bits per heavy atom. The van der Waals surface area contributed by atoms with E-state index >= 15 is 0 Å². The SMILES string of the molecule is CC(C)CNC(C#N)c1cccc(O)c1. The molecule has 0 aromatic heterocycles. The highest BCUT2D eigenvalue weighted by molar-refractivity contribution is 5.31. The van der Waals surface area contributed by atoms with Crippen LogP contribution in [0.5, 0.6) is 5.75 Å². The number of benzene rings is 1. The second-order valence-corrected chi connectivity index (χ2v) is 3.96. The third-order valence-corrected chi connectivity index (χ3v) is 2.06. The van der Waals surface area contributed by atoms with Crippen molar-refractivity contribution in [3.63, 3.8) is 0 Å². The summed E-state index contributed by atoms with van der Waals surface area (Å²) in [5.74, 6) is 0.692. The van der Waals surface area contributed by atoms with Gasteiger partial charge < -0.3 is 5.11 Å². The quantitative estimate of drug-likeness (QED) is 0.790. The van der Waals surface area contributed by atoms with Gasteiger partial charge in [0.05, 0.1) is 6.07 Å². The van der Waals surface area contributed by atoms with E-state index in [1.807, 2.05) is 6.07 Å². The third kappa shape index (κ3) is 3.61. The molecule has 0 aliphatic heterocycles. The molecule has 1 rings (SSSR count). The molecule has 15 heavy (non-hydrogen) atoms. The molecule has 0 amide bonds. The standard InChI is InChI=1S/C12H16N2O/c1-9(2)8-14-12(7-13)10-4-3-5-11(15)6-10/h3-6,9,12,14-15H,8H2,1-2H3. The number of nitrogens with one attached hydrogen (secondary N) is 1. The van der Waals surface area contributed by atoms with E-state index in [2.05, 4.69) is 25.2 Å². The van der Waals surface area contributed by atoms with E-state index in [9.17, 15) is 5.11 Å². The number of hydrogen-bond donors (Lipinski definition) is 2. The normalized spacial score (nSPS) is 12.4. The molecule has 0 heterocycles. The number of hydrogen-bond acceptors (Lipinski definition) is 3. The fourth-order valence-corrected chi connectivity index (χ4v) is 1.30. The predicted octanol–water partition coefficient (Wildman–Crippen LogP) is 2.20. The van der Waals surface area contributed by atoms with Gasteiger partial charge in [-0.15, -0.1) is 0 Å². The average Bonchev–Trinajstić information content (AvgIpc) is 2.18. The number of phenolic OH excluding ortho intramolecular Hbond substituents is 1. The monoisotopic (exact) mass is 204 g/mol. The molecule has 1 atom stereocenters. The Morgan fingerprint density at radius 3 is 2.73 bits per heavy atom. The van der Waals surface area contributed by atoms with E-state index in [1.165, 1.54) is 0 Å². The first-order chi connectivity index (χ1) is 7.13. The smallest absolute Gasteiger partial charge is 0.121 e. The van der Waals surface area contributed by atoms with Crippen molar-refractivity contribution in [2.45, 2.75) is 19.9 Å². The minimum atomic E-state index is -0.348. The largest absolute Gasteiger partial charge is 0.508 e. The third-order valence-electron chi connectivity index (χ3n) is 2.06. The molecule has 1 aromatic carbocycles. The van der Waals surface area contributed by atoms with Crippen molar-refractivity contribution < 1.29 is 5.11 Å². The van der Waals surface area contributed by atoms with Gasteiger partial charge in [-0.2, -0.15) is 5.26 Å². The summed E-state index contributed by atoms with van der Waals surface area (Å²) in [6.07, 6.45) is 0. The van der Waals surface area contributed by atoms with E-state index in [1.54, 1.807) is 18.2 Å². The molecule has 3 nitrogen and oxygen atoms in total. The van der Waals surface area contributed by atoms with Gasteiger partial charge in [0, 0.05) is 0 Å². The molecule has 0 saturated heterocycles. The number of aromatic hydroxyl groups is 1. The van der Waals surface area contributed by atoms with Gasteiger partial charge in [0.25, 0.3) is 0 Å². The zero-order valence-electron chi connectivity index (χ0n) is 9.07. The number of nitriles is 1. The lowest BCUT2D eigenvalue weighted by Gasteiger charge is -2.13. The molecule has 0 aliphatic carbocycles. The topological polar surface area (TPSA) is 56.0 Å². The van der Waals surface area contributed by atoms with Gasteiger partial charge >= 0.3 is 0 Å². The molecule has 1 aromatic rings. The first kappa shape index (κ1) is 11.5. The second-order valence-electron chi connectivity index (χ2n) is 3.96. The maximum atomic E-state index is 9.30. The molecule has 0 spiro atoms. The number of rotatable bonds is 4. The lowest BCUT2D eigenvalue weighted by atomic mass is 10.1. The van der Waals surface area contributed by atoms with Crippen LogP contribution in [0.3, 0.4) is 0 Å². The Bertz CT molecular complexity index is 355. The van der Waals surface area contributed by atoms with Gasteiger partial charge in [-0.05, 0) is 30.2 Å². The van der Waals surface area contributed by atoms with Gasteiger partial charge in [-0.25, -0.2) is 0 Å². The Morgan fingerprint density at radius 2 is 2.20 bits per heavy atom. The van der Waals surface area contributed by atoms with Gasteiger partial charge in [-0.3, -0.25) is 5.32 Å². The Kier molecular flexibility index (Phi) is 4.14. The van der Waals surface area contributed by atoms with Crippen LogP contribution in [-0.2, 0) is 0 Å². The Hall–Kier alpha value is -1.53. The summed E-state index contributed by atoms with van der Waals surface area (Å²) in [6, 6.07) is 8.62. The zero-order valence-corrected chi connectivity index (χ0v) is 9.07. The molecule has 3 heteroatoms. The molecule has 1 unspecified atom stereocenters. The second kappa shape index (κ2) is 5.38. The van der Waals surface area contributed by atoms with Crippen LogP contribution >= 0.6 is 0 Å². The van der Waals surface area contributed by atoms with E-state index in [4.69, 9.17) is 5.26 Å². The van der Waals surface area contributed by atoms with Crippen molar-refractivity contribution in [2.75, 3.05) is 6.54 Å². The first-order valence-electron chi connectivity index (χ1n) is 5.05. The van der Waals surface area contributed by atoms with E-state index in [0.29, 0.717) is 5.92 Å². The van der Waals surface area contributed by atoms with Crippen molar-refractivity contribution in [1.29, 1.82) is 5.26 Å². The van der Waals surface area contributed by atoms with Crippen molar-refractivity contribution in [1.82, 2.24) is 5.32 Å². The Balaban J connectivity index is 2.71. The Labute approximate surface area is 90.4 Å². The minimum absolute atomic E-state index is 0.194. The van der Waals surface area contributed by atoms with Gasteiger partial charge in [-0.1, -0.05) is 26.0 Å². The maximum absolute atomic E-state index is 9.30. The van der Waals surface area contributed by atoms with Gasteiger partial charge in [0.1, 0.15) is 11.8 Å². The highest BCUT2D eigenvalue weighted by Gasteiger charge is 2.10. The lowest BCUT2D eigenvalue weighted by Crippen LogP contribution is -2.24. The highest BCUT2D eigenvalue weighted by atomic mass is 16.3. The summed E-state index contributed by atoms with van der Waals surface area (Å²) in [6.45, 7) is 4.96. The number of nitrogens with zero attached hydrogens (tertiary/aromatic N) is 1. The highest BCUT2D eigenvalue weighted by Crippen LogP contribution is 2.17.